The quantitative estimate of drug-likeness (QED) is 0.498. The van der Waals surface area contributed by atoms with Crippen LogP contribution in [0.25, 0.3) is 0 Å². The van der Waals surface area contributed by atoms with Crippen molar-refractivity contribution in [2.75, 3.05) is 36.0 Å². The van der Waals surface area contributed by atoms with Gasteiger partial charge in [0.1, 0.15) is 12.4 Å². The molecule has 1 atom stereocenters. The summed E-state index contributed by atoms with van der Waals surface area (Å²) < 4.78 is 54.7. The number of anilines is 2. The number of fused-ring (bicyclic) bond motifs is 1. The van der Waals surface area contributed by atoms with E-state index in [4.69, 9.17) is 9.47 Å². The molecule has 11 heteroatoms. The standard InChI is InChI=1S/C24H21F3N4O3S/c25-24(26,27)15-2-4-18(20(12-15)31-9-11-33-14-22(31)32)17-6-10-34-21-13-16(3-5-19(17)21)35-30-23-28-7-1-8-29-23/h1-5,7-8,12-13,17H,6,9-11,14H2,(H,28,29,30). The zero-order valence-corrected chi connectivity index (χ0v) is 19.2. The molecule has 2 aliphatic rings. The number of carbonyl (C=O) groups is 1. The Labute approximate surface area is 203 Å². The van der Waals surface area contributed by atoms with Crippen molar-refractivity contribution < 1.29 is 27.4 Å². The highest BCUT2D eigenvalue weighted by Gasteiger charge is 2.35. The number of alkyl halides is 3. The van der Waals surface area contributed by atoms with Gasteiger partial charge in [0.2, 0.25) is 5.95 Å². The normalized spacial score (nSPS) is 18.1. The van der Waals surface area contributed by atoms with Crippen LogP contribution in [0.5, 0.6) is 5.75 Å². The Morgan fingerprint density at radius 1 is 1.06 bits per heavy atom. The molecular formula is C24H21F3N4O3S. The summed E-state index contributed by atoms with van der Waals surface area (Å²) >= 11 is 1.33. The third-order valence-electron chi connectivity index (χ3n) is 5.86. The van der Waals surface area contributed by atoms with Crippen LogP contribution in [-0.4, -0.2) is 42.2 Å². The Morgan fingerprint density at radius 3 is 2.63 bits per heavy atom. The molecule has 0 bridgehead atoms. The van der Waals surface area contributed by atoms with Gasteiger partial charge in [-0.3, -0.25) is 9.52 Å². The first-order valence-corrected chi connectivity index (χ1v) is 11.8. The van der Waals surface area contributed by atoms with Crippen LogP contribution in [0.15, 0.2) is 59.8 Å². The number of aromatic nitrogens is 2. The predicted octanol–water partition coefficient (Wildman–Crippen LogP) is 4.89. The average molecular weight is 503 g/mol. The zero-order chi connectivity index (χ0) is 24.4. The van der Waals surface area contributed by atoms with Crippen LogP contribution in [0.1, 0.15) is 29.0 Å². The smallest absolute Gasteiger partial charge is 0.416 e. The number of nitrogens with zero attached hydrogens (tertiary/aromatic N) is 3. The lowest BCUT2D eigenvalue weighted by Gasteiger charge is -2.33. The minimum Gasteiger partial charge on any atom is -0.493 e. The van der Waals surface area contributed by atoms with E-state index in [-0.39, 0.29) is 37.3 Å². The van der Waals surface area contributed by atoms with Gasteiger partial charge in [0.15, 0.2) is 0 Å². The molecule has 1 aromatic heterocycles. The Bertz CT molecular complexity index is 1230. The predicted molar refractivity (Wildman–Crippen MR) is 125 cm³/mol. The maximum absolute atomic E-state index is 13.5. The van der Waals surface area contributed by atoms with E-state index in [1.807, 2.05) is 18.2 Å². The van der Waals surface area contributed by atoms with Crippen molar-refractivity contribution in [1.29, 1.82) is 0 Å². The van der Waals surface area contributed by atoms with E-state index in [1.165, 1.54) is 22.9 Å². The van der Waals surface area contributed by atoms with Gasteiger partial charge in [0, 0.05) is 41.0 Å². The van der Waals surface area contributed by atoms with E-state index in [0.717, 1.165) is 22.6 Å². The highest BCUT2D eigenvalue weighted by Crippen LogP contribution is 2.44. The van der Waals surface area contributed by atoms with Crippen molar-refractivity contribution in [1.82, 2.24) is 9.97 Å². The molecule has 0 spiro atoms. The highest BCUT2D eigenvalue weighted by atomic mass is 32.2. The number of morpholine rings is 1. The summed E-state index contributed by atoms with van der Waals surface area (Å²) in [7, 11) is 0. The van der Waals surface area contributed by atoms with E-state index in [9.17, 15) is 18.0 Å². The largest absolute Gasteiger partial charge is 0.493 e. The number of nitrogens with one attached hydrogen (secondary N) is 1. The van der Waals surface area contributed by atoms with E-state index in [2.05, 4.69) is 14.7 Å². The minimum atomic E-state index is -4.52. The molecule has 1 unspecified atom stereocenters. The second kappa shape index (κ2) is 9.74. The van der Waals surface area contributed by atoms with Crippen molar-refractivity contribution in [2.45, 2.75) is 23.4 Å². The van der Waals surface area contributed by atoms with Crippen molar-refractivity contribution >= 4 is 29.5 Å². The van der Waals surface area contributed by atoms with Crippen LogP contribution in [0.4, 0.5) is 24.8 Å². The molecule has 182 valence electrons. The van der Waals surface area contributed by atoms with Gasteiger partial charge >= 0.3 is 6.18 Å². The monoisotopic (exact) mass is 502 g/mol. The molecular weight excluding hydrogens is 481 g/mol. The molecule has 0 saturated carbocycles. The van der Waals surface area contributed by atoms with E-state index in [0.29, 0.717) is 30.3 Å². The fraction of sp³-hybridized carbons (Fsp3) is 0.292. The van der Waals surface area contributed by atoms with Crippen LogP contribution in [0.2, 0.25) is 0 Å². The second-order valence-corrected chi connectivity index (χ2v) is 8.91. The minimum absolute atomic E-state index is 0.154. The van der Waals surface area contributed by atoms with Crippen LogP contribution < -0.4 is 14.4 Å². The number of hydrogen-bond acceptors (Lipinski definition) is 7. The van der Waals surface area contributed by atoms with Gasteiger partial charge < -0.3 is 14.4 Å². The molecule has 7 nitrogen and oxygen atoms in total. The molecule has 2 aliphatic heterocycles. The summed E-state index contributed by atoms with van der Waals surface area (Å²) in [6, 6.07) is 11.1. The summed E-state index contributed by atoms with van der Waals surface area (Å²) in [6.45, 7) is 0.716. The number of carbonyl (C=O) groups excluding carboxylic acids is 1. The molecule has 35 heavy (non-hydrogen) atoms. The zero-order valence-electron chi connectivity index (χ0n) is 18.4. The molecule has 1 saturated heterocycles. The number of hydrogen-bond donors (Lipinski definition) is 1. The maximum atomic E-state index is 13.5. The summed E-state index contributed by atoms with van der Waals surface area (Å²) in [5.41, 5.74) is 1.00. The molecule has 1 N–H and O–H groups in total. The SMILES string of the molecule is O=C1COCCN1c1cc(C(F)(F)F)ccc1C1CCOc2cc(SNc3ncccn3)ccc21. The second-order valence-electron chi connectivity index (χ2n) is 8.04. The molecule has 3 aromatic rings. The number of ether oxygens (including phenoxy) is 2. The number of amides is 1. The van der Waals surface area contributed by atoms with Crippen LogP contribution >= 0.6 is 11.9 Å². The molecule has 3 heterocycles. The molecule has 5 rings (SSSR count). The average Bonchev–Trinajstić information content (AvgIpc) is 2.87. The fourth-order valence-electron chi connectivity index (χ4n) is 4.23. The van der Waals surface area contributed by atoms with Gasteiger partial charge in [-0.1, -0.05) is 12.1 Å². The molecule has 0 radical (unpaired) electrons. The van der Waals surface area contributed by atoms with Gasteiger partial charge in [-0.25, -0.2) is 9.97 Å². The lowest BCUT2D eigenvalue weighted by molar-refractivity contribution is -0.137. The van der Waals surface area contributed by atoms with E-state index in [1.54, 1.807) is 18.5 Å². The first-order valence-electron chi connectivity index (χ1n) is 11.0. The topological polar surface area (TPSA) is 76.6 Å². The Balaban J connectivity index is 1.48. The van der Waals surface area contributed by atoms with Gasteiger partial charge in [0.25, 0.3) is 5.91 Å². The first kappa shape index (κ1) is 23.4. The van der Waals surface area contributed by atoms with Gasteiger partial charge in [0.05, 0.1) is 18.8 Å². The third-order valence-corrected chi connectivity index (χ3v) is 6.63. The highest BCUT2D eigenvalue weighted by molar-refractivity contribution is 8.00. The van der Waals surface area contributed by atoms with E-state index < -0.39 is 11.7 Å². The molecule has 0 aliphatic carbocycles. The molecule has 1 amide bonds. The van der Waals surface area contributed by atoms with Gasteiger partial charge in [-0.05, 0) is 54.3 Å². The Kier molecular flexibility index (Phi) is 6.52. The number of rotatable bonds is 5. The summed E-state index contributed by atoms with van der Waals surface area (Å²) in [6.07, 6.45) is -0.668. The maximum Gasteiger partial charge on any atom is 0.416 e. The van der Waals surface area contributed by atoms with Crippen molar-refractivity contribution in [3.05, 3.63) is 71.5 Å². The van der Waals surface area contributed by atoms with E-state index >= 15 is 0 Å². The summed E-state index contributed by atoms with van der Waals surface area (Å²) in [4.78, 5) is 23.1. The van der Waals surface area contributed by atoms with Crippen LogP contribution in [0, 0.1) is 0 Å². The molecule has 1 fully saturated rings. The van der Waals surface area contributed by atoms with Gasteiger partial charge in [-0.2, -0.15) is 13.2 Å². The summed E-state index contributed by atoms with van der Waals surface area (Å²) in [5.74, 6) is 0.543. The lowest BCUT2D eigenvalue weighted by atomic mass is 9.85. The van der Waals surface area contributed by atoms with Crippen LogP contribution in [-0.2, 0) is 15.7 Å². The lowest BCUT2D eigenvalue weighted by Crippen LogP contribution is -2.42. The van der Waals surface area contributed by atoms with Crippen molar-refractivity contribution in [2.24, 2.45) is 0 Å². The van der Waals surface area contributed by atoms with Crippen molar-refractivity contribution in [3.63, 3.8) is 0 Å². The summed E-state index contributed by atoms with van der Waals surface area (Å²) in [5, 5.41) is 0. The molecule has 2 aromatic carbocycles. The number of benzene rings is 2. The first-order chi connectivity index (χ1) is 16.9. The third kappa shape index (κ3) is 5.06. The Morgan fingerprint density at radius 2 is 1.86 bits per heavy atom. The fourth-order valence-corrected chi connectivity index (χ4v) is 4.85. The van der Waals surface area contributed by atoms with Gasteiger partial charge in [-0.15, -0.1) is 0 Å². The number of halogens is 3. The van der Waals surface area contributed by atoms with Crippen molar-refractivity contribution in [3.8, 4) is 5.75 Å². The Hall–Kier alpha value is -3.31. The van der Waals surface area contributed by atoms with Crippen LogP contribution in [0.3, 0.4) is 0 Å².